The fraction of sp³-hybridized carbons (Fsp3) is 0.417. The van der Waals surface area contributed by atoms with Gasteiger partial charge in [0, 0.05) is 13.0 Å². The summed E-state index contributed by atoms with van der Waals surface area (Å²) in [5.41, 5.74) is 6.07. The number of hydrogen-bond acceptors (Lipinski definition) is 2. The van der Waals surface area contributed by atoms with Crippen molar-refractivity contribution in [1.29, 1.82) is 0 Å². The molecule has 0 aromatic heterocycles. The summed E-state index contributed by atoms with van der Waals surface area (Å²) in [5, 5.41) is 8.98. The summed E-state index contributed by atoms with van der Waals surface area (Å²) >= 11 is 0. The van der Waals surface area contributed by atoms with Crippen molar-refractivity contribution in [2.75, 3.05) is 6.54 Å². The minimum atomic E-state index is -2.87. The molecule has 0 fully saturated rings. The largest absolute Gasteiger partial charge is 0.481 e. The van der Waals surface area contributed by atoms with Gasteiger partial charge < -0.3 is 10.8 Å². The van der Waals surface area contributed by atoms with Gasteiger partial charge in [0.15, 0.2) is 0 Å². The van der Waals surface area contributed by atoms with Crippen LogP contribution in [0.1, 0.15) is 24.0 Å². The van der Waals surface area contributed by atoms with Gasteiger partial charge in [-0.3, -0.25) is 4.79 Å². The van der Waals surface area contributed by atoms with E-state index in [0.29, 0.717) is 11.1 Å². The monoisotopic (exact) mass is 243 g/mol. The average Bonchev–Trinajstić information content (AvgIpc) is 2.18. The van der Waals surface area contributed by atoms with Crippen LogP contribution in [0, 0.1) is 0 Å². The molecule has 0 aliphatic carbocycles. The molecule has 1 rings (SSSR count). The van der Waals surface area contributed by atoms with E-state index < -0.39 is 24.2 Å². The number of carbonyl (C=O) groups is 1. The SMILES string of the molecule is CC(F)(F)Cc1ccccc1C(CN)C(=O)O. The second-order valence-electron chi connectivity index (χ2n) is 4.07. The maximum atomic E-state index is 13.0. The molecule has 0 aliphatic heterocycles. The molecule has 0 saturated carbocycles. The van der Waals surface area contributed by atoms with Crippen molar-refractivity contribution in [1.82, 2.24) is 0 Å². The molecule has 1 aromatic rings. The van der Waals surface area contributed by atoms with Gasteiger partial charge in [-0.05, 0) is 18.1 Å². The van der Waals surface area contributed by atoms with Crippen LogP contribution in [0.5, 0.6) is 0 Å². The zero-order valence-electron chi connectivity index (χ0n) is 9.49. The standard InChI is InChI=1S/C12H15F2NO2/c1-12(13,14)6-8-4-2-3-5-9(8)10(7-15)11(16)17/h2-5,10H,6-7,15H2,1H3,(H,16,17). The summed E-state index contributed by atoms with van der Waals surface area (Å²) in [7, 11) is 0. The van der Waals surface area contributed by atoms with Crippen molar-refractivity contribution in [2.45, 2.75) is 25.2 Å². The van der Waals surface area contributed by atoms with Crippen molar-refractivity contribution >= 4 is 5.97 Å². The molecule has 3 N–H and O–H groups in total. The van der Waals surface area contributed by atoms with Gasteiger partial charge in [-0.2, -0.15) is 0 Å². The maximum Gasteiger partial charge on any atom is 0.312 e. The summed E-state index contributed by atoms with van der Waals surface area (Å²) in [4.78, 5) is 11.0. The van der Waals surface area contributed by atoms with Gasteiger partial charge in [-0.25, -0.2) is 8.78 Å². The highest BCUT2D eigenvalue weighted by molar-refractivity contribution is 5.77. The third-order valence-corrected chi connectivity index (χ3v) is 2.47. The smallest absolute Gasteiger partial charge is 0.312 e. The highest BCUT2D eigenvalue weighted by atomic mass is 19.3. The molecule has 0 radical (unpaired) electrons. The van der Waals surface area contributed by atoms with Crippen molar-refractivity contribution < 1.29 is 18.7 Å². The zero-order chi connectivity index (χ0) is 13.1. The Kier molecular flexibility index (Phi) is 4.17. The van der Waals surface area contributed by atoms with E-state index in [1.54, 1.807) is 12.1 Å². The lowest BCUT2D eigenvalue weighted by Gasteiger charge is -2.17. The van der Waals surface area contributed by atoms with Crippen LogP contribution in [-0.2, 0) is 11.2 Å². The molecule has 94 valence electrons. The normalized spacial score (nSPS) is 13.4. The fourth-order valence-electron chi connectivity index (χ4n) is 1.73. The third-order valence-electron chi connectivity index (χ3n) is 2.47. The fourth-order valence-corrected chi connectivity index (χ4v) is 1.73. The van der Waals surface area contributed by atoms with Gasteiger partial charge >= 0.3 is 5.97 Å². The van der Waals surface area contributed by atoms with E-state index in [1.807, 2.05) is 0 Å². The Balaban J connectivity index is 3.11. The second kappa shape index (κ2) is 5.23. The summed E-state index contributed by atoms with van der Waals surface area (Å²) in [5.74, 6) is -4.90. The summed E-state index contributed by atoms with van der Waals surface area (Å²) in [6.07, 6.45) is -0.479. The Morgan fingerprint density at radius 2 is 2.06 bits per heavy atom. The van der Waals surface area contributed by atoms with E-state index in [1.165, 1.54) is 12.1 Å². The third kappa shape index (κ3) is 3.78. The Morgan fingerprint density at radius 1 is 1.47 bits per heavy atom. The second-order valence-corrected chi connectivity index (χ2v) is 4.07. The number of aliphatic carboxylic acids is 1. The first-order valence-electron chi connectivity index (χ1n) is 5.23. The molecule has 17 heavy (non-hydrogen) atoms. The lowest BCUT2D eigenvalue weighted by Crippen LogP contribution is -2.24. The minimum Gasteiger partial charge on any atom is -0.481 e. The summed E-state index contributed by atoms with van der Waals surface area (Å²) in [6, 6.07) is 6.28. The maximum absolute atomic E-state index is 13.0. The van der Waals surface area contributed by atoms with Crippen LogP contribution in [0.25, 0.3) is 0 Å². The molecule has 1 atom stereocenters. The molecule has 0 amide bonds. The van der Waals surface area contributed by atoms with E-state index in [2.05, 4.69) is 0 Å². The lowest BCUT2D eigenvalue weighted by atomic mass is 9.91. The van der Waals surface area contributed by atoms with Crippen LogP contribution >= 0.6 is 0 Å². The van der Waals surface area contributed by atoms with Gasteiger partial charge in [0.1, 0.15) is 0 Å². The molecule has 0 heterocycles. The molecule has 3 nitrogen and oxygen atoms in total. The van der Waals surface area contributed by atoms with Gasteiger partial charge in [-0.15, -0.1) is 0 Å². The van der Waals surface area contributed by atoms with E-state index in [9.17, 15) is 13.6 Å². The van der Waals surface area contributed by atoms with Crippen molar-refractivity contribution in [3.63, 3.8) is 0 Å². The van der Waals surface area contributed by atoms with Crippen LogP contribution in [0.2, 0.25) is 0 Å². The quantitative estimate of drug-likeness (QED) is 0.831. The Bertz CT molecular complexity index is 402. The van der Waals surface area contributed by atoms with E-state index >= 15 is 0 Å². The predicted molar refractivity (Wildman–Crippen MR) is 60.2 cm³/mol. The molecular formula is C12H15F2NO2. The number of rotatable bonds is 5. The van der Waals surface area contributed by atoms with Crippen LogP contribution in [0.3, 0.4) is 0 Å². The van der Waals surface area contributed by atoms with Gasteiger partial charge in [0.2, 0.25) is 5.92 Å². The number of benzene rings is 1. The summed E-state index contributed by atoms with van der Waals surface area (Å²) in [6.45, 7) is 0.698. The van der Waals surface area contributed by atoms with Gasteiger partial charge in [0.25, 0.3) is 0 Å². The predicted octanol–water partition coefficient (Wildman–Crippen LogP) is 2.01. The van der Waals surface area contributed by atoms with Crippen LogP contribution in [0.15, 0.2) is 24.3 Å². The van der Waals surface area contributed by atoms with Gasteiger partial charge in [-0.1, -0.05) is 24.3 Å². The molecule has 1 unspecified atom stereocenters. The van der Waals surface area contributed by atoms with Crippen LogP contribution in [-0.4, -0.2) is 23.5 Å². The summed E-state index contributed by atoms with van der Waals surface area (Å²) < 4.78 is 26.0. The topological polar surface area (TPSA) is 63.3 Å². The Hall–Kier alpha value is -1.49. The zero-order valence-corrected chi connectivity index (χ0v) is 9.49. The molecule has 0 bridgehead atoms. The first-order chi connectivity index (χ1) is 7.85. The Labute approximate surface area is 98.2 Å². The number of carboxylic acids is 1. The highest BCUT2D eigenvalue weighted by Gasteiger charge is 2.27. The number of halogens is 2. The van der Waals surface area contributed by atoms with Gasteiger partial charge in [0.05, 0.1) is 5.92 Å². The molecule has 1 aromatic carbocycles. The lowest BCUT2D eigenvalue weighted by molar-refractivity contribution is -0.138. The number of nitrogens with two attached hydrogens (primary N) is 1. The highest BCUT2D eigenvalue weighted by Crippen LogP contribution is 2.26. The van der Waals surface area contributed by atoms with Crippen molar-refractivity contribution in [3.8, 4) is 0 Å². The molecule has 0 aliphatic rings. The first-order valence-corrected chi connectivity index (χ1v) is 5.23. The minimum absolute atomic E-state index is 0.109. The van der Waals surface area contributed by atoms with Crippen LogP contribution in [0.4, 0.5) is 8.78 Å². The number of alkyl halides is 2. The first kappa shape index (κ1) is 13.6. The average molecular weight is 243 g/mol. The van der Waals surface area contributed by atoms with Crippen LogP contribution < -0.4 is 5.73 Å². The number of carboxylic acid groups (broad SMARTS) is 1. The van der Waals surface area contributed by atoms with E-state index in [-0.39, 0.29) is 6.54 Å². The van der Waals surface area contributed by atoms with E-state index in [0.717, 1.165) is 6.92 Å². The molecule has 0 saturated heterocycles. The molecule has 5 heteroatoms. The van der Waals surface area contributed by atoms with Crippen molar-refractivity contribution in [3.05, 3.63) is 35.4 Å². The molecule has 0 spiro atoms. The van der Waals surface area contributed by atoms with Crippen molar-refractivity contribution in [2.24, 2.45) is 5.73 Å². The Morgan fingerprint density at radius 3 is 2.53 bits per heavy atom. The molecular weight excluding hydrogens is 228 g/mol. The number of hydrogen-bond donors (Lipinski definition) is 2. The van der Waals surface area contributed by atoms with E-state index in [4.69, 9.17) is 10.8 Å².